The number of amides is 2. The number of pyridine rings is 1. The number of unbranched alkanes of at least 4 members (excludes halogenated alkanes) is 2. The van der Waals surface area contributed by atoms with Gasteiger partial charge in [0.1, 0.15) is 5.82 Å². The van der Waals surface area contributed by atoms with Crippen LogP contribution in [0.4, 0.5) is 0 Å². The van der Waals surface area contributed by atoms with Crippen LogP contribution >= 0.6 is 0 Å². The molecule has 37 heavy (non-hydrogen) atoms. The molecule has 0 radical (unpaired) electrons. The summed E-state index contributed by atoms with van der Waals surface area (Å²) in [6, 6.07) is 9.65. The van der Waals surface area contributed by atoms with Gasteiger partial charge in [0.25, 0.3) is 0 Å². The maximum absolute atomic E-state index is 13.4. The first-order chi connectivity index (χ1) is 17.9. The quantitative estimate of drug-likeness (QED) is 0.333. The molecule has 1 aliphatic heterocycles. The van der Waals surface area contributed by atoms with E-state index in [1.165, 1.54) is 0 Å². The van der Waals surface area contributed by atoms with Crippen LogP contribution in [0.2, 0.25) is 0 Å². The number of rotatable bonds is 11. The number of imidazole rings is 1. The van der Waals surface area contributed by atoms with Crippen LogP contribution < -0.4 is 15.4 Å². The average molecular weight is 508 g/mol. The highest BCUT2D eigenvalue weighted by Crippen LogP contribution is 2.33. The van der Waals surface area contributed by atoms with E-state index < -0.39 is 5.41 Å². The van der Waals surface area contributed by atoms with Crippen molar-refractivity contribution in [2.45, 2.75) is 57.9 Å². The Labute approximate surface area is 217 Å². The van der Waals surface area contributed by atoms with Gasteiger partial charge in [-0.05, 0) is 37.8 Å². The highest BCUT2D eigenvalue weighted by atomic mass is 16.5. The van der Waals surface area contributed by atoms with Crippen LogP contribution in [0, 0.1) is 5.41 Å². The zero-order valence-electron chi connectivity index (χ0n) is 21.9. The summed E-state index contributed by atoms with van der Waals surface area (Å²) in [5, 5.41) is 6.92. The fourth-order valence-electron chi connectivity index (χ4n) is 4.69. The zero-order chi connectivity index (χ0) is 26.3. The summed E-state index contributed by atoms with van der Waals surface area (Å²) in [6.07, 6.45) is 6.93. The number of nitrogens with zero attached hydrogens (tertiary/aromatic N) is 2. The van der Waals surface area contributed by atoms with Crippen molar-refractivity contribution in [1.29, 1.82) is 0 Å². The molecular weight excluding hydrogens is 470 g/mol. The summed E-state index contributed by atoms with van der Waals surface area (Å²) in [5.41, 5.74) is 1.99. The molecule has 0 spiro atoms. The monoisotopic (exact) mass is 507 g/mol. The number of methoxy groups -OCH3 is 1. The number of hydrogen-bond donors (Lipinski definition) is 3. The second-order valence-electron chi connectivity index (χ2n) is 9.89. The van der Waals surface area contributed by atoms with Crippen LogP contribution in [0.3, 0.4) is 0 Å². The van der Waals surface area contributed by atoms with Gasteiger partial charge in [0.2, 0.25) is 17.7 Å². The highest BCUT2D eigenvalue weighted by molar-refractivity contribution is 5.85. The van der Waals surface area contributed by atoms with Gasteiger partial charge >= 0.3 is 0 Å². The molecule has 4 rings (SSSR count). The third kappa shape index (κ3) is 6.46. The molecule has 1 saturated heterocycles. The Morgan fingerprint density at radius 1 is 1.19 bits per heavy atom. The number of aromatic nitrogens is 3. The molecule has 0 bridgehead atoms. The largest absolute Gasteiger partial charge is 0.480 e. The van der Waals surface area contributed by atoms with Crippen molar-refractivity contribution in [2.24, 2.45) is 5.41 Å². The third-order valence-electron chi connectivity index (χ3n) is 7.22. The Bertz CT molecular complexity index is 1220. The predicted octanol–water partition coefficient (Wildman–Crippen LogP) is 4.30. The first-order valence-corrected chi connectivity index (χ1v) is 13.0. The first-order valence-electron chi connectivity index (χ1n) is 13.0. The standard InChI is InChI=1S/C28H37N5O4/c1-28(13-15-37-16-14-28)27(35)33-22(11-5-4-6-12-24(34)29-2)25-30-18-23(31-25)20-17-19-9-7-8-10-21(19)32-26(20)36-3/h7-10,17-18,22H,4-6,11-16H2,1-3H3,(H,29,34)(H,30,31)(H,33,35)/t22-/m0/s1. The van der Waals surface area contributed by atoms with Crippen LogP contribution in [-0.4, -0.2) is 54.1 Å². The molecule has 3 aromatic rings. The third-order valence-corrected chi connectivity index (χ3v) is 7.22. The molecule has 1 aliphatic rings. The SMILES string of the molecule is CNC(=O)CCCCC[C@H](NC(=O)C1(C)CCOCC1)c1ncc(-c2cc3ccccc3nc2OC)[nH]1. The highest BCUT2D eigenvalue weighted by Gasteiger charge is 2.36. The number of carbonyl (C=O) groups excluding carboxylic acids is 2. The van der Waals surface area contributed by atoms with E-state index >= 15 is 0 Å². The summed E-state index contributed by atoms with van der Waals surface area (Å²) < 4.78 is 11.1. The minimum absolute atomic E-state index is 0.0223. The maximum atomic E-state index is 13.4. The molecule has 0 unspecified atom stereocenters. The fraction of sp³-hybridized carbons (Fsp3) is 0.500. The van der Waals surface area contributed by atoms with E-state index in [9.17, 15) is 9.59 Å². The predicted molar refractivity (Wildman–Crippen MR) is 142 cm³/mol. The molecule has 1 atom stereocenters. The average Bonchev–Trinajstić information content (AvgIpc) is 3.41. The molecule has 0 aliphatic carbocycles. The van der Waals surface area contributed by atoms with E-state index in [4.69, 9.17) is 9.47 Å². The van der Waals surface area contributed by atoms with Crippen molar-refractivity contribution in [3.05, 3.63) is 42.4 Å². The molecule has 198 valence electrons. The Balaban J connectivity index is 1.54. The molecule has 3 N–H and O–H groups in total. The van der Waals surface area contributed by atoms with Gasteiger partial charge in [-0.25, -0.2) is 9.97 Å². The number of benzene rings is 1. The molecular formula is C28H37N5O4. The number of ether oxygens (including phenoxy) is 2. The van der Waals surface area contributed by atoms with Crippen LogP contribution in [0.15, 0.2) is 36.5 Å². The van der Waals surface area contributed by atoms with Gasteiger partial charge in [-0.3, -0.25) is 9.59 Å². The Kier molecular flexibility index (Phi) is 8.76. The van der Waals surface area contributed by atoms with Crippen molar-refractivity contribution in [3.63, 3.8) is 0 Å². The maximum Gasteiger partial charge on any atom is 0.226 e. The van der Waals surface area contributed by atoms with Gasteiger partial charge in [-0.2, -0.15) is 0 Å². The van der Waals surface area contributed by atoms with Gasteiger partial charge in [0.05, 0.1) is 41.5 Å². The fourth-order valence-corrected chi connectivity index (χ4v) is 4.69. The molecule has 2 aromatic heterocycles. The minimum atomic E-state index is -0.462. The van der Waals surface area contributed by atoms with Gasteiger partial charge in [-0.15, -0.1) is 0 Å². The Morgan fingerprint density at radius 2 is 1.97 bits per heavy atom. The topological polar surface area (TPSA) is 118 Å². The Morgan fingerprint density at radius 3 is 2.73 bits per heavy atom. The Hall–Kier alpha value is -3.46. The minimum Gasteiger partial charge on any atom is -0.480 e. The van der Waals surface area contributed by atoms with Crippen LogP contribution in [0.1, 0.15) is 63.7 Å². The zero-order valence-corrected chi connectivity index (χ0v) is 21.9. The number of nitrogens with one attached hydrogen (secondary N) is 3. The molecule has 1 aromatic carbocycles. The van der Waals surface area contributed by atoms with E-state index in [0.29, 0.717) is 50.6 Å². The number of aromatic amines is 1. The van der Waals surface area contributed by atoms with Crippen molar-refractivity contribution in [2.75, 3.05) is 27.4 Å². The van der Waals surface area contributed by atoms with Gasteiger partial charge in [-0.1, -0.05) is 38.0 Å². The summed E-state index contributed by atoms with van der Waals surface area (Å²) >= 11 is 0. The molecule has 0 saturated carbocycles. The number of fused-ring (bicyclic) bond motifs is 1. The lowest BCUT2D eigenvalue weighted by molar-refractivity contribution is -0.136. The second-order valence-corrected chi connectivity index (χ2v) is 9.89. The van der Waals surface area contributed by atoms with E-state index in [0.717, 1.165) is 41.4 Å². The van der Waals surface area contributed by atoms with Crippen molar-refractivity contribution < 1.29 is 19.1 Å². The lowest BCUT2D eigenvalue weighted by Gasteiger charge is -2.33. The molecule has 3 heterocycles. The number of carbonyl (C=O) groups is 2. The summed E-state index contributed by atoms with van der Waals surface area (Å²) in [5.74, 6) is 1.28. The number of H-pyrrole nitrogens is 1. The van der Waals surface area contributed by atoms with E-state index in [-0.39, 0.29) is 17.9 Å². The first kappa shape index (κ1) is 26.6. The van der Waals surface area contributed by atoms with E-state index in [2.05, 4.69) is 25.6 Å². The van der Waals surface area contributed by atoms with Crippen molar-refractivity contribution >= 4 is 22.7 Å². The lowest BCUT2D eigenvalue weighted by Crippen LogP contribution is -2.44. The summed E-state index contributed by atoms with van der Waals surface area (Å²) in [7, 11) is 3.26. The van der Waals surface area contributed by atoms with E-state index in [1.807, 2.05) is 37.3 Å². The second kappa shape index (κ2) is 12.2. The van der Waals surface area contributed by atoms with Crippen LogP contribution in [0.25, 0.3) is 22.2 Å². The number of hydrogen-bond acceptors (Lipinski definition) is 6. The molecule has 2 amide bonds. The van der Waals surface area contributed by atoms with Crippen molar-refractivity contribution in [3.8, 4) is 17.1 Å². The normalized spacial score (nSPS) is 15.8. The molecule has 1 fully saturated rings. The lowest BCUT2D eigenvalue weighted by atomic mass is 9.81. The molecule has 9 heteroatoms. The van der Waals surface area contributed by atoms with Crippen LogP contribution in [-0.2, 0) is 14.3 Å². The smallest absolute Gasteiger partial charge is 0.226 e. The number of para-hydroxylation sites is 1. The summed E-state index contributed by atoms with van der Waals surface area (Å²) in [4.78, 5) is 37.6. The summed E-state index contributed by atoms with van der Waals surface area (Å²) in [6.45, 7) is 3.19. The van der Waals surface area contributed by atoms with Gasteiger partial charge < -0.3 is 25.1 Å². The van der Waals surface area contributed by atoms with Gasteiger partial charge in [0.15, 0.2) is 0 Å². The van der Waals surface area contributed by atoms with Crippen molar-refractivity contribution in [1.82, 2.24) is 25.6 Å². The molecule has 9 nitrogen and oxygen atoms in total. The van der Waals surface area contributed by atoms with Gasteiger partial charge in [0, 0.05) is 32.1 Å². The van der Waals surface area contributed by atoms with E-state index in [1.54, 1.807) is 20.4 Å². The van der Waals surface area contributed by atoms with Crippen LogP contribution in [0.5, 0.6) is 5.88 Å².